The van der Waals surface area contributed by atoms with Gasteiger partial charge in [-0.25, -0.2) is 8.78 Å². The van der Waals surface area contributed by atoms with Crippen LogP contribution in [0.15, 0.2) is 0 Å². The van der Waals surface area contributed by atoms with E-state index in [-0.39, 0.29) is 18.5 Å². The summed E-state index contributed by atoms with van der Waals surface area (Å²) in [5, 5.41) is 2.18. The summed E-state index contributed by atoms with van der Waals surface area (Å²) < 4.78 is 31.5. The van der Waals surface area contributed by atoms with E-state index in [1.54, 1.807) is 6.92 Å². The lowest BCUT2D eigenvalue weighted by molar-refractivity contribution is -0.137. The quantitative estimate of drug-likeness (QED) is 0.739. The fourth-order valence-electron chi connectivity index (χ4n) is 2.16. The monoisotopic (exact) mass is 314 g/mol. The number of nitrogens with two attached hydrogens (primary N) is 1. The number of carbonyl (C=O) groups excluding carboxylic acids is 1. The Bertz CT molecular complexity index is 286. The van der Waals surface area contributed by atoms with Crippen LogP contribution in [-0.2, 0) is 9.53 Å². The van der Waals surface area contributed by atoms with E-state index in [1.807, 2.05) is 0 Å². The van der Waals surface area contributed by atoms with E-state index in [4.69, 9.17) is 10.5 Å². The van der Waals surface area contributed by atoms with Gasteiger partial charge in [0.15, 0.2) is 0 Å². The first-order valence-electron chi connectivity index (χ1n) is 6.95. The summed E-state index contributed by atoms with van der Waals surface area (Å²) >= 11 is 0. The Morgan fingerprint density at radius 1 is 1.35 bits per heavy atom. The number of halogens is 3. The summed E-state index contributed by atoms with van der Waals surface area (Å²) in [6.45, 7) is 0.0899. The number of alkyl halides is 2. The van der Waals surface area contributed by atoms with Gasteiger partial charge in [0, 0.05) is 0 Å². The van der Waals surface area contributed by atoms with Crippen LogP contribution in [0.2, 0.25) is 0 Å². The minimum atomic E-state index is -3.06. The third-order valence-electron chi connectivity index (χ3n) is 3.39. The molecule has 120 valence electrons. The Hall–Kier alpha value is -0.460. The van der Waals surface area contributed by atoms with Gasteiger partial charge in [-0.3, -0.25) is 4.79 Å². The summed E-state index contributed by atoms with van der Waals surface area (Å²) in [6.07, 6.45) is 5.85. The molecule has 0 aromatic rings. The van der Waals surface area contributed by atoms with Gasteiger partial charge < -0.3 is 15.8 Å². The van der Waals surface area contributed by atoms with Crippen molar-refractivity contribution in [1.82, 2.24) is 5.32 Å². The molecule has 1 aliphatic rings. The first kappa shape index (κ1) is 19.5. The van der Waals surface area contributed by atoms with Gasteiger partial charge in [-0.15, -0.1) is 12.4 Å². The van der Waals surface area contributed by atoms with Gasteiger partial charge in [0.2, 0.25) is 5.91 Å². The highest BCUT2D eigenvalue weighted by molar-refractivity contribution is 5.85. The number of nitrogens with one attached hydrogen (secondary N) is 1. The Balaban J connectivity index is 0.00000361. The van der Waals surface area contributed by atoms with Crippen molar-refractivity contribution in [2.24, 2.45) is 5.73 Å². The second-order valence-corrected chi connectivity index (χ2v) is 5.17. The van der Waals surface area contributed by atoms with Crippen LogP contribution in [0, 0.1) is 0 Å². The third-order valence-corrected chi connectivity index (χ3v) is 3.39. The van der Waals surface area contributed by atoms with Gasteiger partial charge >= 0.3 is 0 Å². The highest BCUT2D eigenvalue weighted by Gasteiger charge is 2.29. The molecule has 0 saturated heterocycles. The summed E-state index contributed by atoms with van der Waals surface area (Å²) in [7, 11) is 0. The van der Waals surface area contributed by atoms with Crippen molar-refractivity contribution in [2.45, 2.75) is 63.6 Å². The largest absolute Gasteiger partial charge is 0.365 e. The second kappa shape index (κ2) is 9.47. The minimum Gasteiger partial charge on any atom is -0.365 e. The summed E-state index contributed by atoms with van der Waals surface area (Å²) in [6, 6.07) is 0. The first-order chi connectivity index (χ1) is 8.94. The van der Waals surface area contributed by atoms with Crippen molar-refractivity contribution >= 4 is 18.3 Å². The van der Waals surface area contributed by atoms with Crippen molar-refractivity contribution in [3.05, 3.63) is 0 Å². The van der Waals surface area contributed by atoms with Crippen LogP contribution in [-0.4, -0.2) is 37.1 Å². The van der Waals surface area contributed by atoms with Crippen molar-refractivity contribution in [2.75, 3.05) is 13.1 Å². The SMILES string of the molecule is CC(OC1CCCCCC1)C(=O)NCC(F)(F)CN.Cl. The minimum absolute atomic E-state index is 0. The van der Waals surface area contributed by atoms with Crippen molar-refractivity contribution in [3.8, 4) is 0 Å². The maximum Gasteiger partial charge on any atom is 0.277 e. The molecule has 0 aliphatic heterocycles. The first-order valence-corrected chi connectivity index (χ1v) is 6.95. The number of rotatable bonds is 6. The van der Waals surface area contributed by atoms with E-state index in [0.717, 1.165) is 25.7 Å². The number of carbonyl (C=O) groups is 1. The molecule has 20 heavy (non-hydrogen) atoms. The Morgan fingerprint density at radius 3 is 2.40 bits per heavy atom. The molecule has 0 heterocycles. The Labute approximate surface area is 125 Å². The second-order valence-electron chi connectivity index (χ2n) is 5.17. The van der Waals surface area contributed by atoms with Gasteiger partial charge in [-0.1, -0.05) is 25.7 Å². The zero-order chi connectivity index (χ0) is 14.3. The fourth-order valence-corrected chi connectivity index (χ4v) is 2.16. The fraction of sp³-hybridized carbons (Fsp3) is 0.923. The van der Waals surface area contributed by atoms with E-state index >= 15 is 0 Å². The zero-order valence-electron chi connectivity index (χ0n) is 11.9. The van der Waals surface area contributed by atoms with E-state index < -0.39 is 31.0 Å². The van der Waals surface area contributed by atoms with E-state index in [2.05, 4.69) is 5.32 Å². The summed E-state index contributed by atoms with van der Waals surface area (Å²) in [5.74, 6) is -3.56. The van der Waals surface area contributed by atoms with E-state index in [0.29, 0.717) is 0 Å². The van der Waals surface area contributed by atoms with Gasteiger partial charge in [0.1, 0.15) is 6.10 Å². The molecule has 1 fully saturated rings. The van der Waals surface area contributed by atoms with Crippen LogP contribution >= 0.6 is 12.4 Å². The standard InChI is InChI=1S/C13H24F2N2O2.ClH/c1-10(12(18)17-9-13(14,15)8-16)19-11-6-4-2-3-5-7-11;/h10-11H,2-9,16H2,1H3,(H,17,18);1H. The topological polar surface area (TPSA) is 64.3 Å². The molecule has 4 nitrogen and oxygen atoms in total. The van der Waals surface area contributed by atoms with Gasteiger partial charge in [-0.2, -0.15) is 0 Å². The molecule has 3 N–H and O–H groups in total. The van der Waals surface area contributed by atoms with Gasteiger partial charge in [0.25, 0.3) is 5.92 Å². The molecule has 1 unspecified atom stereocenters. The molecule has 0 radical (unpaired) electrons. The summed E-state index contributed by atoms with van der Waals surface area (Å²) in [5.41, 5.74) is 4.90. The lowest BCUT2D eigenvalue weighted by Gasteiger charge is -2.22. The molecule has 1 rings (SSSR count). The summed E-state index contributed by atoms with van der Waals surface area (Å²) in [4.78, 5) is 11.7. The molecule has 0 bridgehead atoms. The highest BCUT2D eigenvalue weighted by Crippen LogP contribution is 2.21. The van der Waals surface area contributed by atoms with E-state index in [1.165, 1.54) is 12.8 Å². The molecule has 1 atom stereocenters. The Morgan fingerprint density at radius 2 is 1.90 bits per heavy atom. The number of hydrogen-bond donors (Lipinski definition) is 2. The molecule has 1 aliphatic carbocycles. The van der Waals surface area contributed by atoms with Crippen molar-refractivity contribution < 1.29 is 18.3 Å². The number of hydrogen-bond acceptors (Lipinski definition) is 3. The molecular formula is C13H25ClF2N2O2. The normalized spacial score (nSPS) is 18.8. The molecule has 0 spiro atoms. The maximum atomic E-state index is 12.9. The van der Waals surface area contributed by atoms with Crippen LogP contribution in [0.3, 0.4) is 0 Å². The lowest BCUT2D eigenvalue weighted by atomic mass is 10.1. The average molecular weight is 315 g/mol. The highest BCUT2D eigenvalue weighted by atomic mass is 35.5. The van der Waals surface area contributed by atoms with Crippen molar-refractivity contribution in [3.63, 3.8) is 0 Å². The third kappa shape index (κ3) is 7.36. The predicted molar refractivity (Wildman–Crippen MR) is 76.3 cm³/mol. The molecule has 1 saturated carbocycles. The van der Waals surface area contributed by atoms with Crippen molar-refractivity contribution in [1.29, 1.82) is 0 Å². The number of amides is 1. The maximum absolute atomic E-state index is 12.9. The van der Waals surface area contributed by atoms with Gasteiger partial charge in [0.05, 0.1) is 19.2 Å². The smallest absolute Gasteiger partial charge is 0.277 e. The van der Waals surface area contributed by atoms with Crippen LogP contribution in [0.1, 0.15) is 45.4 Å². The van der Waals surface area contributed by atoms with Crippen LogP contribution in [0.5, 0.6) is 0 Å². The van der Waals surface area contributed by atoms with E-state index in [9.17, 15) is 13.6 Å². The van der Waals surface area contributed by atoms with Crippen LogP contribution < -0.4 is 11.1 Å². The lowest BCUT2D eigenvalue weighted by Crippen LogP contribution is -2.45. The molecule has 0 aromatic carbocycles. The Kier molecular flexibility index (Phi) is 9.25. The zero-order valence-corrected chi connectivity index (χ0v) is 12.7. The molecular weight excluding hydrogens is 290 g/mol. The molecule has 1 amide bonds. The number of ether oxygens (including phenoxy) is 1. The molecule has 7 heteroatoms. The van der Waals surface area contributed by atoms with Crippen LogP contribution in [0.4, 0.5) is 8.78 Å². The predicted octanol–water partition coefficient (Wildman–Crippen LogP) is 2.25. The van der Waals surface area contributed by atoms with Crippen LogP contribution in [0.25, 0.3) is 0 Å². The van der Waals surface area contributed by atoms with Gasteiger partial charge in [-0.05, 0) is 19.8 Å². The average Bonchev–Trinajstić information content (AvgIpc) is 2.64. The molecule has 0 aromatic heterocycles.